The van der Waals surface area contributed by atoms with Gasteiger partial charge in [-0.2, -0.15) is 0 Å². The molecule has 2 aliphatic carbocycles. The molecule has 1 N–H and O–H groups in total. The summed E-state index contributed by atoms with van der Waals surface area (Å²) in [5.74, 6) is 1.34. The Hall–Kier alpha value is -0.0800. The first-order valence-corrected chi connectivity index (χ1v) is 7.12. The monoisotopic (exact) mass is 226 g/mol. The van der Waals surface area contributed by atoms with E-state index in [1.165, 1.54) is 44.9 Å². The summed E-state index contributed by atoms with van der Waals surface area (Å²) in [6.07, 6.45) is 11.4. The smallest absolute Gasteiger partial charge is 0.0569 e. The Morgan fingerprint density at radius 2 is 1.75 bits per heavy atom. The average molecular weight is 226 g/mol. The Labute approximate surface area is 99.4 Å². The molecule has 94 valence electrons. The van der Waals surface area contributed by atoms with E-state index in [9.17, 15) is 5.11 Å². The third-order valence-electron chi connectivity index (χ3n) is 4.33. The van der Waals surface area contributed by atoms with Crippen molar-refractivity contribution < 1.29 is 9.84 Å². The van der Waals surface area contributed by atoms with Gasteiger partial charge in [-0.05, 0) is 43.9 Å². The number of aliphatic hydroxyl groups excluding tert-OH is 1. The molecule has 0 aromatic carbocycles. The fourth-order valence-corrected chi connectivity index (χ4v) is 3.19. The minimum absolute atomic E-state index is 0.0433. The lowest BCUT2D eigenvalue weighted by atomic mass is 9.90. The molecule has 0 bridgehead atoms. The highest BCUT2D eigenvalue weighted by Gasteiger charge is 2.24. The van der Waals surface area contributed by atoms with Crippen LogP contribution < -0.4 is 0 Å². The number of hydrogen-bond donors (Lipinski definition) is 1. The van der Waals surface area contributed by atoms with E-state index in [0.29, 0.717) is 5.92 Å². The van der Waals surface area contributed by atoms with Crippen LogP contribution in [-0.2, 0) is 4.74 Å². The Morgan fingerprint density at radius 3 is 2.44 bits per heavy atom. The number of rotatable bonds is 5. The number of hydrogen-bond acceptors (Lipinski definition) is 2. The van der Waals surface area contributed by atoms with Crippen molar-refractivity contribution in [1.29, 1.82) is 0 Å². The van der Waals surface area contributed by atoms with Crippen molar-refractivity contribution in [3.63, 3.8) is 0 Å². The Kier molecular flexibility index (Phi) is 5.11. The van der Waals surface area contributed by atoms with E-state index in [4.69, 9.17) is 4.74 Å². The molecule has 0 spiro atoms. The summed E-state index contributed by atoms with van der Waals surface area (Å²) in [7, 11) is 0. The molecule has 0 aromatic heterocycles. The molecule has 0 aliphatic heterocycles. The van der Waals surface area contributed by atoms with Crippen LogP contribution in [0.5, 0.6) is 0 Å². The zero-order valence-corrected chi connectivity index (χ0v) is 10.4. The maximum Gasteiger partial charge on any atom is 0.0569 e. The zero-order valence-electron chi connectivity index (χ0n) is 10.4. The van der Waals surface area contributed by atoms with Gasteiger partial charge in [0.2, 0.25) is 0 Å². The second kappa shape index (κ2) is 6.61. The van der Waals surface area contributed by atoms with Crippen LogP contribution in [0.1, 0.15) is 57.8 Å². The number of aliphatic hydroxyl groups is 1. The van der Waals surface area contributed by atoms with Gasteiger partial charge in [-0.1, -0.05) is 25.7 Å². The van der Waals surface area contributed by atoms with E-state index in [1.54, 1.807) is 0 Å². The van der Waals surface area contributed by atoms with Crippen molar-refractivity contribution in [2.45, 2.75) is 63.9 Å². The van der Waals surface area contributed by atoms with Gasteiger partial charge in [-0.25, -0.2) is 0 Å². The second-order valence-electron chi connectivity index (χ2n) is 5.63. The van der Waals surface area contributed by atoms with Crippen LogP contribution >= 0.6 is 0 Å². The van der Waals surface area contributed by atoms with Gasteiger partial charge < -0.3 is 9.84 Å². The summed E-state index contributed by atoms with van der Waals surface area (Å²) >= 11 is 0. The van der Waals surface area contributed by atoms with E-state index in [0.717, 1.165) is 32.0 Å². The normalized spacial score (nSPS) is 32.1. The van der Waals surface area contributed by atoms with Gasteiger partial charge in [-0.15, -0.1) is 0 Å². The predicted molar refractivity (Wildman–Crippen MR) is 65.4 cm³/mol. The highest BCUT2D eigenvalue weighted by Crippen LogP contribution is 2.28. The van der Waals surface area contributed by atoms with Crippen LogP contribution in [0.4, 0.5) is 0 Å². The van der Waals surface area contributed by atoms with Gasteiger partial charge >= 0.3 is 0 Å². The van der Waals surface area contributed by atoms with Crippen LogP contribution in [0.15, 0.2) is 0 Å². The quantitative estimate of drug-likeness (QED) is 0.730. The van der Waals surface area contributed by atoms with Gasteiger partial charge in [0.1, 0.15) is 0 Å². The van der Waals surface area contributed by atoms with E-state index in [-0.39, 0.29) is 6.10 Å². The molecule has 0 radical (unpaired) electrons. The van der Waals surface area contributed by atoms with Gasteiger partial charge in [0, 0.05) is 13.2 Å². The van der Waals surface area contributed by atoms with Crippen LogP contribution in [0.3, 0.4) is 0 Å². The molecule has 2 fully saturated rings. The molecule has 2 atom stereocenters. The lowest BCUT2D eigenvalue weighted by Crippen LogP contribution is -2.18. The summed E-state index contributed by atoms with van der Waals surface area (Å²) in [4.78, 5) is 0. The number of ether oxygens (including phenoxy) is 1. The molecular formula is C14H26O2. The summed E-state index contributed by atoms with van der Waals surface area (Å²) in [5, 5.41) is 9.68. The minimum Gasteiger partial charge on any atom is -0.393 e. The molecule has 16 heavy (non-hydrogen) atoms. The zero-order chi connectivity index (χ0) is 11.2. The van der Waals surface area contributed by atoms with E-state index >= 15 is 0 Å². The lowest BCUT2D eigenvalue weighted by Gasteiger charge is -2.22. The van der Waals surface area contributed by atoms with Crippen molar-refractivity contribution >= 4 is 0 Å². The first-order chi connectivity index (χ1) is 7.86. The average Bonchev–Trinajstić information content (AvgIpc) is 2.72. The Morgan fingerprint density at radius 1 is 0.938 bits per heavy atom. The van der Waals surface area contributed by atoms with Gasteiger partial charge in [0.25, 0.3) is 0 Å². The largest absolute Gasteiger partial charge is 0.393 e. The third kappa shape index (κ3) is 3.74. The van der Waals surface area contributed by atoms with Crippen LogP contribution in [0, 0.1) is 11.8 Å². The van der Waals surface area contributed by atoms with Crippen LogP contribution in [0.25, 0.3) is 0 Å². The maximum atomic E-state index is 9.68. The van der Waals surface area contributed by atoms with Crippen LogP contribution in [-0.4, -0.2) is 24.4 Å². The minimum atomic E-state index is -0.0433. The van der Waals surface area contributed by atoms with E-state index in [1.807, 2.05) is 0 Å². The fourth-order valence-electron chi connectivity index (χ4n) is 3.19. The first-order valence-electron chi connectivity index (χ1n) is 7.12. The summed E-state index contributed by atoms with van der Waals surface area (Å²) in [5.41, 5.74) is 0. The molecule has 2 aliphatic rings. The van der Waals surface area contributed by atoms with Crippen molar-refractivity contribution in [2.75, 3.05) is 13.2 Å². The molecule has 2 rings (SSSR count). The van der Waals surface area contributed by atoms with E-state index < -0.39 is 0 Å². The second-order valence-corrected chi connectivity index (χ2v) is 5.63. The SMILES string of the molecule is OC1CCCC1CCOCC1CCCCC1. The van der Waals surface area contributed by atoms with Gasteiger partial charge in [-0.3, -0.25) is 0 Å². The summed E-state index contributed by atoms with van der Waals surface area (Å²) in [6.45, 7) is 1.82. The lowest BCUT2D eigenvalue weighted by molar-refractivity contribution is 0.0568. The molecule has 0 heterocycles. The molecule has 0 saturated heterocycles. The molecular weight excluding hydrogens is 200 g/mol. The Balaban J connectivity index is 1.51. The third-order valence-corrected chi connectivity index (χ3v) is 4.33. The van der Waals surface area contributed by atoms with Gasteiger partial charge in [0.05, 0.1) is 6.10 Å². The van der Waals surface area contributed by atoms with Crippen molar-refractivity contribution in [3.8, 4) is 0 Å². The van der Waals surface area contributed by atoms with Crippen molar-refractivity contribution in [1.82, 2.24) is 0 Å². The molecule has 2 unspecified atom stereocenters. The topological polar surface area (TPSA) is 29.5 Å². The predicted octanol–water partition coefficient (Wildman–Crippen LogP) is 3.13. The molecule has 2 saturated carbocycles. The highest BCUT2D eigenvalue weighted by molar-refractivity contribution is 4.76. The first kappa shape index (κ1) is 12.4. The molecule has 2 nitrogen and oxygen atoms in total. The summed E-state index contributed by atoms with van der Waals surface area (Å²) in [6, 6.07) is 0. The van der Waals surface area contributed by atoms with Gasteiger partial charge in [0.15, 0.2) is 0 Å². The molecule has 0 aromatic rings. The van der Waals surface area contributed by atoms with E-state index in [2.05, 4.69) is 0 Å². The Bertz CT molecular complexity index is 187. The van der Waals surface area contributed by atoms with Crippen LogP contribution in [0.2, 0.25) is 0 Å². The summed E-state index contributed by atoms with van der Waals surface area (Å²) < 4.78 is 5.77. The molecule has 2 heteroatoms. The van der Waals surface area contributed by atoms with Crippen molar-refractivity contribution in [3.05, 3.63) is 0 Å². The molecule has 0 amide bonds. The highest BCUT2D eigenvalue weighted by atomic mass is 16.5. The maximum absolute atomic E-state index is 9.68. The fraction of sp³-hybridized carbons (Fsp3) is 1.00. The van der Waals surface area contributed by atoms with Crippen molar-refractivity contribution in [2.24, 2.45) is 11.8 Å². The standard InChI is InChI=1S/C14H26O2/c15-14-8-4-7-13(14)9-10-16-11-12-5-2-1-3-6-12/h12-15H,1-11H2.